The number of aryl methyl sites for hydroxylation is 1. The predicted octanol–water partition coefficient (Wildman–Crippen LogP) is 0.593. The molecule has 1 aromatic heterocycles. The first-order valence-electron chi connectivity index (χ1n) is 6.91. The molecule has 1 saturated heterocycles. The molecular formula is C14H21N3O3. The molecule has 0 aliphatic carbocycles. The number of hydrogen-bond donors (Lipinski definition) is 2. The van der Waals surface area contributed by atoms with Crippen LogP contribution in [-0.2, 0) is 0 Å². The number of rotatable bonds is 4. The molecule has 0 saturated carbocycles. The van der Waals surface area contributed by atoms with Crippen molar-refractivity contribution in [3.8, 4) is 0 Å². The number of carboxylic acids is 1. The van der Waals surface area contributed by atoms with Gasteiger partial charge < -0.3 is 15.1 Å². The Labute approximate surface area is 118 Å². The molecule has 0 amide bonds. The van der Waals surface area contributed by atoms with Crippen molar-refractivity contribution in [3.63, 3.8) is 0 Å². The van der Waals surface area contributed by atoms with Crippen LogP contribution in [0.5, 0.6) is 0 Å². The van der Waals surface area contributed by atoms with E-state index < -0.39 is 5.97 Å². The Kier molecular flexibility index (Phi) is 4.92. The Bertz CT molecular complexity index is 479. The molecule has 0 aromatic carbocycles. The fourth-order valence-corrected chi connectivity index (χ4v) is 2.51. The molecular weight excluding hydrogens is 258 g/mol. The van der Waals surface area contributed by atoms with Gasteiger partial charge in [-0.25, -0.2) is 9.78 Å². The van der Waals surface area contributed by atoms with Gasteiger partial charge >= 0.3 is 5.97 Å². The van der Waals surface area contributed by atoms with Gasteiger partial charge in [0.15, 0.2) is 0 Å². The van der Waals surface area contributed by atoms with Crippen LogP contribution in [0.3, 0.4) is 0 Å². The van der Waals surface area contributed by atoms with Crippen molar-refractivity contribution >= 4 is 11.8 Å². The molecule has 20 heavy (non-hydrogen) atoms. The van der Waals surface area contributed by atoms with Gasteiger partial charge in [0.25, 0.3) is 0 Å². The zero-order valence-corrected chi connectivity index (χ0v) is 11.7. The number of β-amino-alcohol motifs (C(OH)–C–C–N with tert-alkyl or cyclic N) is 1. The smallest absolute Gasteiger partial charge is 0.337 e. The van der Waals surface area contributed by atoms with E-state index in [-0.39, 0.29) is 12.2 Å². The van der Waals surface area contributed by atoms with Crippen molar-refractivity contribution < 1.29 is 15.0 Å². The fraction of sp³-hybridized carbons (Fsp3) is 0.571. The van der Waals surface area contributed by atoms with Crippen molar-refractivity contribution in [1.82, 2.24) is 9.88 Å². The summed E-state index contributed by atoms with van der Waals surface area (Å²) in [4.78, 5) is 19.8. The molecule has 1 fully saturated rings. The number of aliphatic hydroxyl groups is 1. The largest absolute Gasteiger partial charge is 0.478 e. The number of carboxylic acid groups (broad SMARTS) is 1. The summed E-state index contributed by atoms with van der Waals surface area (Å²) in [5.41, 5.74) is 0.803. The SMILES string of the molecule is Cc1nc(N2CCCN(CCO)CC2)ccc1C(=O)O. The van der Waals surface area contributed by atoms with Crippen LogP contribution in [0.25, 0.3) is 0 Å². The number of aliphatic hydroxyl groups excluding tert-OH is 1. The highest BCUT2D eigenvalue weighted by atomic mass is 16.4. The van der Waals surface area contributed by atoms with E-state index >= 15 is 0 Å². The number of aromatic nitrogens is 1. The van der Waals surface area contributed by atoms with Crippen molar-refractivity contribution in [1.29, 1.82) is 0 Å². The molecule has 2 rings (SSSR count). The van der Waals surface area contributed by atoms with Gasteiger partial charge in [-0.3, -0.25) is 4.90 Å². The number of carbonyl (C=O) groups is 1. The second-order valence-electron chi connectivity index (χ2n) is 5.01. The summed E-state index contributed by atoms with van der Waals surface area (Å²) in [6.07, 6.45) is 1.02. The predicted molar refractivity (Wildman–Crippen MR) is 76.3 cm³/mol. The van der Waals surface area contributed by atoms with Gasteiger partial charge in [-0.15, -0.1) is 0 Å². The Morgan fingerprint density at radius 3 is 2.75 bits per heavy atom. The highest BCUT2D eigenvalue weighted by molar-refractivity contribution is 5.89. The summed E-state index contributed by atoms with van der Waals surface area (Å²) in [5.74, 6) is -0.107. The Balaban J connectivity index is 2.08. The van der Waals surface area contributed by atoms with E-state index in [1.54, 1.807) is 19.1 Å². The third kappa shape index (κ3) is 3.46. The molecule has 0 bridgehead atoms. The lowest BCUT2D eigenvalue weighted by Crippen LogP contribution is -2.32. The van der Waals surface area contributed by atoms with E-state index in [0.717, 1.165) is 38.4 Å². The summed E-state index contributed by atoms with van der Waals surface area (Å²) in [6.45, 7) is 6.23. The third-order valence-electron chi connectivity index (χ3n) is 3.63. The quantitative estimate of drug-likeness (QED) is 0.840. The highest BCUT2D eigenvalue weighted by Crippen LogP contribution is 2.17. The lowest BCUT2D eigenvalue weighted by atomic mass is 10.2. The number of pyridine rings is 1. The van der Waals surface area contributed by atoms with Gasteiger partial charge in [-0.1, -0.05) is 0 Å². The van der Waals surface area contributed by atoms with Crippen LogP contribution < -0.4 is 4.90 Å². The Morgan fingerprint density at radius 2 is 2.10 bits per heavy atom. The summed E-state index contributed by atoms with van der Waals surface area (Å²) in [5, 5.41) is 18.0. The third-order valence-corrected chi connectivity index (χ3v) is 3.63. The minimum Gasteiger partial charge on any atom is -0.478 e. The van der Waals surface area contributed by atoms with Crippen LogP contribution in [0.4, 0.5) is 5.82 Å². The number of hydrogen-bond acceptors (Lipinski definition) is 5. The van der Waals surface area contributed by atoms with Crippen LogP contribution in [0.1, 0.15) is 22.5 Å². The van der Waals surface area contributed by atoms with E-state index in [2.05, 4.69) is 14.8 Å². The van der Waals surface area contributed by atoms with Crippen molar-refractivity contribution in [2.24, 2.45) is 0 Å². The molecule has 0 spiro atoms. The van der Waals surface area contributed by atoms with Crippen LogP contribution in [0.2, 0.25) is 0 Å². The summed E-state index contributed by atoms with van der Waals surface area (Å²) in [6, 6.07) is 3.40. The maximum absolute atomic E-state index is 11.0. The van der Waals surface area contributed by atoms with Crippen LogP contribution in [0, 0.1) is 6.92 Å². The van der Waals surface area contributed by atoms with Gasteiger partial charge in [-0.2, -0.15) is 0 Å². The maximum Gasteiger partial charge on any atom is 0.337 e. The monoisotopic (exact) mass is 279 g/mol. The molecule has 1 aliphatic rings. The molecule has 6 nitrogen and oxygen atoms in total. The second-order valence-corrected chi connectivity index (χ2v) is 5.01. The molecule has 0 atom stereocenters. The maximum atomic E-state index is 11.0. The molecule has 1 aliphatic heterocycles. The zero-order valence-electron chi connectivity index (χ0n) is 11.7. The van der Waals surface area contributed by atoms with Crippen molar-refractivity contribution in [2.75, 3.05) is 44.2 Å². The van der Waals surface area contributed by atoms with Crippen molar-refractivity contribution in [2.45, 2.75) is 13.3 Å². The lowest BCUT2D eigenvalue weighted by molar-refractivity contribution is 0.0695. The zero-order chi connectivity index (χ0) is 14.5. The van der Waals surface area contributed by atoms with E-state index in [1.807, 2.05) is 0 Å². The van der Waals surface area contributed by atoms with Gasteiger partial charge in [0, 0.05) is 26.2 Å². The van der Waals surface area contributed by atoms with E-state index in [9.17, 15) is 4.79 Å². The van der Waals surface area contributed by atoms with Gasteiger partial charge in [-0.05, 0) is 32.0 Å². The minimum atomic E-state index is -0.938. The number of aromatic carboxylic acids is 1. The summed E-state index contributed by atoms with van der Waals surface area (Å²) < 4.78 is 0. The van der Waals surface area contributed by atoms with Gasteiger partial charge in [0.2, 0.25) is 0 Å². The van der Waals surface area contributed by atoms with E-state index in [1.165, 1.54) is 0 Å². The molecule has 0 unspecified atom stereocenters. The summed E-state index contributed by atoms with van der Waals surface area (Å²) >= 11 is 0. The minimum absolute atomic E-state index is 0.185. The highest BCUT2D eigenvalue weighted by Gasteiger charge is 2.17. The molecule has 2 heterocycles. The van der Waals surface area contributed by atoms with Gasteiger partial charge in [0.05, 0.1) is 17.9 Å². The number of anilines is 1. The van der Waals surface area contributed by atoms with E-state index in [4.69, 9.17) is 10.2 Å². The van der Waals surface area contributed by atoms with Gasteiger partial charge in [0.1, 0.15) is 5.82 Å². The average Bonchev–Trinajstić information content (AvgIpc) is 2.64. The topological polar surface area (TPSA) is 76.9 Å². The Hall–Kier alpha value is -1.66. The molecule has 0 radical (unpaired) electrons. The fourth-order valence-electron chi connectivity index (χ4n) is 2.51. The summed E-state index contributed by atoms with van der Waals surface area (Å²) in [7, 11) is 0. The average molecular weight is 279 g/mol. The number of nitrogens with zero attached hydrogens (tertiary/aromatic N) is 3. The van der Waals surface area contributed by atoms with Crippen molar-refractivity contribution in [3.05, 3.63) is 23.4 Å². The first-order valence-corrected chi connectivity index (χ1v) is 6.91. The van der Waals surface area contributed by atoms with Crippen LogP contribution in [0.15, 0.2) is 12.1 Å². The van der Waals surface area contributed by atoms with Crippen LogP contribution >= 0.6 is 0 Å². The lowest BCUT2D eigenvalue weighted by Gasteiger charge is -2.23. The Morgan fingerprint density at radius 1 is 1.30 bits per heavy atom. The molecule has 110 valence electrons. The molecule has 1 aromatic rings. The normalized spacial score (nSPS) is 17.0. The second kappa shape index (κ2) is 6.67. The molecule has 6 heteroatoms. The van der Waals surface area contributed by atoms with E-state index in [0.29, 0.717) is 12.2 Å². The van der Waals surface area contributed by atoms with Crippen LogP contribution in [-0.4, -0.2) is 65.4 Å². The standard InChI is InChI=1S/C14H21N3O3/c1-11-12(14(19)20)3-4-13(15-11)17-6-2-5-16(7-8-17)9-10-18/h3-4,18H,2,5-10H2,1H3,(H,19,20). The first kappa shape index (κ1) is 14.7. The first-order chi connectivity index (χ1) is 9.61. The molecule has 2 N–H and O–H groups in total.